The molecule has 1 aromatic rings. The van der Waals surface area contributed by atoms with Gasteiger partial charge in [0.2, 0.25) is 0 Å². The predicted molar refractivity (Wildman–Crippen MR) is 87.5 cm³/mol. The standard InChI is InChI=1S/C16H29N5/c1-6-17-16(21-9-7-12(2)8-10-21)18-11-15-13(3)19-20(5)14(15)4/h12H,6-11H2,1-5H3,(H,17,18). The van der Waals surface area contributed by atoms with Crippen LogP contribution in [0.1, 0.15) is 43.6 Å². The molecule has 1 aliphatic heterocycles. The summed E-state index contributed by atoms with van der Waals surface area (Å²) in [5.74, 6) is 1.89. The van der Waals surface area contributed by atoms with Crippen molar-refractivity contribution < 1.29 is 0 Å². The summed E-state index contributed by atoms with van der Waals surface area (Å²) in [6.45, 7) is 12.5. The van der Waals surface area contributed by atoms with Crippen molar-refractivity contribution in [2.75, 3.05) is 19.6 Å². The van der Waals surface area contributed by atoms with E-state index in [0.29, 0.717) is 6.54 Å². The Kier molecular flexibility index (Phi) is 5.26. The lowest BCUT2D eigenvalue weighted by atomic mass is 10.00. The molecule has 0 unspecified atom stereocenters. The maximum atomic E-state index is 4.85. The van der Waals surface area contributed by atoms with E-state index >= 15 is 0 Å². The van der Waals surface area contributed by atoms with Crippen LogP contribution in [0.15, 0.2) is 4.99 Å². The molecule has 0 saturated carbocycles. The van der Waals surface area contributed by atoms with E-state index in [2.05, 4.69) is 43.0 Å². The second kappa shape index (κ2) is 6.96. The van der Waals surface area contributed by atoms with E-state index in [1.807, 2.05) is 11.7 Å². The minimum Gasteiger partial charge on any atom is -0.357 e. The van der Waals surface area contributed by atoms with E-state index in [1.54, 1.807) is 0 Å². The maximum Gasteiger partial charge on any atom is 0.194 e. The molecule has 1 saturated heterocycles. The fourth-order valence-corrected chi connectivity index (χ4v) is 2.85. The Hall–Kier alpha value is -1.52. The van der Waals surface area contributed by atoms with Crippen LogP contribution in [0.4, 0.5) is 0 Å². The molecule has 21 heavy (non-hydrogen) atoms. The van der Waals surface area contributed by atoms with Crippen molar-refractivity contribution in [2.45, 2.75) is 47.1 Å². The monoisotopic (exact) mass is 291 g/mol. The van der Waals surface area contributed by atoms with Crippen molar-refractivity contribution in [2.24, 2.45) is 18.0 Å². The summed E-state index contributed by atoms with van der Waals surface area (Å²) in [7, 11) is 1.99. The molecule has 1 N–H and O–H groups in total. The fraction of sp³-hybridized carbons (Fsp3) is 0.750. The van der Waals surface area contributed by atoms with Crippen LogP contribution in [-0.2, 0) is 13.6 Å². The summed E-state index contributed by atoms with van der Waals surface area (Å²) < 4.78 is 1.94. The number of likely N-dealkylation sites (tertiary alicyclic amines) is 1. The number of piperidine rings is 1. The Bertz CT molecular complexity index is 495. The number of nitrogens with zero attached hydrogens (tertiary/aromatic N) is 4. The number of aryl methyl sites for hydroxylation is 2. The summed E-state index contributed by atoms with van der Waals surface area (Å²) >= 11 is 0. The molecule has 1 aliphatic rings. The second-order valence-electron chi connectivity index (χ2n) is 6.11. The van der Waals surface area contributed by atoms with E-state index in [-0.39, 0.29) is 0 Å². The molecule has 0 amide bonds. The molecule has 0 bridgehead atoms. The third-order valence-electron chi connectivity index (χ3n) is 4.46. The third kappa shape index (κ3) is 3.77. The average molecular weight is 291 g/mol. The highest BCUT2D eigenvalue weighted by Crippen LogP contribution is 2.17. The fourth-order valence-electron chi connectivity index (χ4n) is 2.85. The number of guanidine groups is 1. The third-order valence-corrected chi connectivity index (χ3v) is 4.46. The number of hydrogen-bond acceptors (Lipinski definition) is 2. The summed E-state index contributed by atoms with van der Waals surface area (Å²) in [4.78, 5) is 7.24. The average Bonchev–Trinajstić information content (AvgIpc) is 2.70. The topological polar surface area (TPSA) is 45.5 Å². The van der Waals surface area contributed by atoms with Crippen LogP contribution in [0.25, 0.3) is 0 Å². The molecule has 5 heteroatoms. The van der Waals surface area contributed by atoms with Gasteiger partial charge in [-0.15, -0.1) is 0 Å². The molecule has 2 rings (SSSR count). The number of aromatic nitrogens is 2. The SMILES string of the molecule is CCNC(=NCc1c(C)nn(C)c1C)N1CCC(C)CC1. The van der Waals surface area contributed by atoms with Crippen LogP contribution in [0.2, 0.25) is 0 Å². The van der Waals surface area contributed by atoms with E-state index in [1.165, 1.54) is 24.1 Å². The van der Waals surface area contributed by atoms with Crippen molar-refractivity contribution in [1.29, 1.82) is 0 Å². The largest absolute Gasteiger partial charge is 0.357 e. The molecule has 1 aromatic heterocycles. The number of rotatable bonds is 3. The molecule has 118 valence electrons. The molecular formula is C16H29N5. The van der Waals surface area contributed by atoms with Crippen molar-refractivity contribution in [1.82, 2.24) is 20.0 Å². The smallest absolute Gasteiger partial charge is 0.194 e. The van der Waals surface area contributed by atoms with Crippen molar-refractivity contribution in [3.05, 3.63) is 17.0 Å². The molecule has 0 atom stereocenters. The Labute approximate surface area is 128 Å². The molecule has 0 radical (unpaired) electrons. The minimum atomic E-state index is 0.708. The van der Waals surface area contributed by atoms with E-state index in [0.717, 1.165) is 37.2 Å². The summed E-state index contributed by atoms with van der Waals surface area (Å²) in [6, 6.07) is 0. The lowest BCUT2D eigenvalue weighted by molar-refractivity contribution is 0.273. The predicted octanol–water partition coefficient (Wildman–Crippen LogP) is 2.23. The van der Waals surface area contributed by atoms with Crippen LogP contribution in [0.3, 0.4) is 0 Å². The quantitative estimate of drug-likeness (QED) is 0.686. The first kappa shape index (κ1) is 15.9. The van der Waals surface area contributed by atoms with Gasteiger partial charge in [0.1, 0.15) is 0 Å². The van der Waals surface area contributed by atoms with Crippen molar-refractivity contribution in [3.63, 3.8) is 0 Å². The minimum absolute atomic E-state index is 0.708. The van der Waals surface area contributed by atoms with Crippen molar-refractivity contribution in [3.8, 4) is 0 Å². The van der Waals surface area contributed by atoms with Gasteiger partial charge in [-0.2, -0.15) is 5.10 Å². The zero-order valence-electron chi connectivity index (χ0n) is 14.1. The van der Waals surface area contributed by atoms with Gasteiger partial charge >= 0.3 is 0 Å². The highest BCUT2D eigenvalue weighted by Gasteiger charge is 2.18. The van der Waals surface area contributed by atoms with Gasteiger partial charge in [0.25, 0.3) is 0 Å². The summed E-state index contributed by atoms with van der Waals surface area (Å²) in [5, 5.41) is 7.90. The van der Waals surface area contributed by atoms with Gasteiger partial charge in [-0.25, -0.2) is 4.99 Å². The summed E-state index contributed by atoms with van der Waals surface area (Å²) in [6.07, 6.45) is 2.52. The van der Waals surface area contributed by atoms with Crippen LogP contribution < -0.4 is 5.32 Å². The van der Waals surface area contributed by atoms with Gasteiger partial charge in [-0.3, -0.25) is 4.68 Å². The zero-order chi connectivity index (χ0) is 15.4. The Morgan fingerprint density at radius 2 is 2.00 bits per heavy atom. The molecule has 0 spiro atoms. The Morgan fingerprint density at radius 3 is 2.52 bits per heavy atom. The van der Waals surface area contributed by atoms with E-state index in [4.69, 9.17) is 4.99 Å². The van der Waals surface area contributed by atoms with Gasteiger partial charge in [-0.05, 0) is 39.5 Å². The number of hydrogen-bond donors (Lipinski definition) is 1. The van der Waals surface area contributed by atoms with Crippen LogP contribution in [-0.4, -0.2) is 40.3 Å². The molecule has 0 aromatic carbocycles. The van der Waals surface area contributed by atoms with Gasteiger partial charge in [0.05, 0.1) is 12.2 Å². The highest BCUT2D eigenvalue weighted by molar-refractivity contribution is 5.80. The zero-order valence-corrected chi connectivity index (χ0v) is 14.1. The highest BCUT2D eigenvalue weighted by atomic mass is 15.3. The van der Waals surface area contributed by atoms with Gasteiger partial charge in [0.15, 0.2) is 5.96 Å². The summed E-state index contributed by atoms with van der Waals surface area (Å²) in [5.41, 5.74) is 3.54. The van der Waals surface area contributed by atoms with E-state index in [9.17, 15) is 0 Å². The molecular weight excluding hydrogens is 262 g/mol. The molecule has 1 fully saturated rings. The van der Waals surface area contributed by atoms with Crippen molar-refractivity contribution >= 4 is 5.96 Å². The lowest BCUT2D eigenvalue weighted by Crippen LogP contribution is -2.45. The van der Waals surface area contributed by atoms with Crippen LogP contribution in [0, 0.1) is 19.8 Å². The molecule has 2 heterocycles. The van der Waals surface area contributed by atoms with Gasteiger partial charge < -0.3 is 10.2 Å². The molecule has 5 nitrogen and oxygen atoms in total. The van der Waals surface area contributed by atoms with Crippen LogP contribution in [0.5, 0.6) is 0 Å². The maximum absolute atomic E-state index is 4.85. The first-order valence-corrected chi connectivity index (χ1v) is 8.05. The van der Waals surface area contributed by atoms with Crippen LogP contribution >= 0.6 is 0 Å². The number of nitrogens with one attached hydrogen (secondary N) is 1. The Morgan fingerprint density at radius 1 is 1.33 bits per heavy atom. The second-order valence-corrected chi connectivity index (χ2v) is 6.11. The Balaban J connectivity index is 2.10. The first-order valence-electron chi connectivity index (χ1n) is 8.05. The van der Waals surface area contributed by atoms with Gasteiger partial charge in [0, 0.05) is 37.9 Å². The van der Waals surface area contributed by atoms with E-state index < -0.39 is 0 Å². The van der Waals surface area contributed by atoms with Gasteiger partial charge in [-0.1, -0.05) is 6.92 Å². The normalized spacial score (nSPS) is 17.4. The number of aliphatic imine (C=N–C) groups is 1. The lowest BCUT2D eigenvalue weighted by Gasteiger charge is -2.33. The first-order chi connectivity index (χ1) is 10.0. The molecule has 0 aliphatic carbocycles.